The molecule has 1 unspecified atom stereocenters. The molecule has 0 saturated heterocycles. The van der Waals surface area contributed by atoms with Gasteiger partial charge in [-0.05, 0) is 38.0 Å². The second kappa shape index (κ2) is 5.67. The number of amides is 1. The maximum Gasteiger partial charge on any atom is 0.237 e. The summed E-state index contributed by atoms with van der Waals surface area (Å²) in [5, 5.41) is 6.40. The van der Waals surface area contributed by atoms with Gasteiger partial charge in [0.2, 0.25) is 5.91 Å². The fraction of sp³-hybridized carbons (Fsp3) is 0.923. The van der Waals surface area contributed by atoms with E-state index >= 15 is 0 Å². The van der Waals surface area contributed by atoms with Gasteiger partial charge in [-0.15, -0.1) is 0 Å². The second-order valence-electron chi connectivity index (χ2n) is 5.44. The van der Waals surface area contributed by atoms with E-state index in [4.69, 9.17) is 0 Å². The summed E-state index contributed by atoms with van der Waals surface area (Å²) in [5.41, 5.74) is 0.462. The molecular formula is C13H26N2O. The van der Waals surface area contributed by atoms with Gasteiger partial charge in [0.05, 0.1) is 6.04 Å². The van der Waals surface area contributed by atoms with Crippen LogP contribution < -0.4 is 10.6 Å². The van der Waals surface area contributed by atoms with E-state index in [1.54, 1.807) is 0 Å². The van der Waals surface area contributed by atoms with E-state index in [0.29, 0.717) is 11.5 Å². The predicted molar refractivity (Wildman–Crippen MR) is 67.3 cm³/mol. The average Bonchev–Trinajstić information content (AvgIpc) is 3.01. The van der Waals surface area contributed by atoms with Crippen molar-refractivity contribution in [3.63, 3.8) is 0 Å². The lowest BCUT2D eigenvalue weighted by Crippen LogP contribution is -2.47. The third-order valence-corrected chi connectivity index (χ3v) is 3.66. The third kappa shape index (κ3) is 4.12. The molecule has 0 aromatic rings. The summed E-state index contributed by atoms with van der Waals surface area (Å²) in [6, 6.07) is 0.256. The summed E-state index contributed by atoms with van der Waals surface area (Å²) in [4.78, 5) is 11.8. The van der Waals surface area contributed by atoms with Crippen LogP contribution in [0.5, 0.6) is 0 Å². The van der Waals surface area contributed by atoms with E-state index in [1.807, 2.05) is 6.92 Å². The molecule has 1 saturated carbocycles. The van der Waals surface area contributed by atoms with Gasteiger partial charge in [-0.2, -0.15) is 0 Å². The van der Waals surface area contributed by atoms with Crippen LogP contribution in [0.15, 0.2) is 0 Å². The van der Waals surface area contributed by atoms with Gasteiger partial charge in [0.15, 0.2) is 0 Å². The van der Waals surface area contributed by atoms with Crippen LogP contribution in [0, 0.1) is 5.41 Å². The fourth-order valence-corrected chi connectivity index (χ4v) is 1.70. The van der Waals surface area contributed by atoms with Crippen molar-refractivity contribution in [2.75, 3.05) is 6.54 Å². The lowest BCUT2D eigenvalue weighted by molar-refractivity contribution is -0.123. The molecule has 0 heterocycles. The predicted octanol–water partition coefficient (Wildman–Crippen LogP) is 2.07. The lowest BCUT2D eigenvalue weighted by atomic mass is 10.1. The van der Waals surface area contributed by atoms with Crippen LogP contribution in [0.2, 0.25) is 0 Å². The molecule has 1 amide bonds. The minimum Gasteiger partial charge on any atom is -0.352 e. The molecule has 0 aromatic heterocycles. The molecule has 16 heavy (non-hydrogen) atoms. The normalized spacial score (nSPS) is 19.6. The van der Waals surface area contributed by atoms with Gasteiger partial charge in [-0.1, -0.05) is 20.8 Å². The monoisotopic (exact) mass is 226 g/mol. The average molecular weight is 226 g/mol. The number of nitrogens with one attached hydrogen (secondary N) is 2. The highest BCUT2D eigenvalue weighted by Crippen LogP contribution is 2.44. The molecular weight excluding hydrogens is 200 g/mol. The Kier molecular flexibility index (Phi) is 4.78. The van der Waals surface area contributed by atoms with Gasteiger partial charge in [0.25, 0.3) is 0 Å². The summed E-state index contributed by atoms with van der Waals surface area (Å²) in [6.07, 6.45) is 4.60. The van der Waals surface area contributed by atoms with Crippen molar-refractivity contribution < 1.29 is 4.79 Å². The molecule has 0 aromatic carbocycles. The van der Waals surface area contributed by atoms with Crippen LogP contribution in [-0.4, -0.2) is 24.5 Å². The topological polar surface area (TPSA) is 41.1 Å². The number of hydrogen-bond donors (Lipinski definition) is 2. The van der Waals surface area contributed by atoms with E-state index in [-0.39, 0.29) is 11.9 Å². The molecule has 3 nitrogen and oxygen atoms in total. The third-order valence-electron chi connectivity index (χ3n) is 3.66. The molecule has 1 atom stereocenters. The zero-order valence-electron chi connectivity index (χ0n) is 11.1. The Morgan fingerprint density at radius 2 is 1.88 bits per heavy atom. The van der Waals surface area contributed by atoms with Crippen LogP contribution >= 0.6 is 0 Å². The maximum atomic E-state index is 11.8. The highest BCUT2D eigenvalue weighted by molar-refractivity contribution is 5.81. The van der Waals surface area contributed by atoms with Crippen molar-refractivity contribution in [2.24, 2.45) is 5.41 Å². The summed E-state index contributed by atoms with van der Waals surface area (Å²) in [7, 11) is 0. The maximum absolute atomic E-state index is 11.8. The Bertz CT molecular complexity index is 232. The Morgan fingerprint density at radius 1 is 1.31 bits per heavy atom. The van der Waals surface area contributed by atoms with E-state index in [1.165, 1.54) is 12.8 Å². The van der Waals surface area contributed by atoms with Crippen molar-refractivity contribution in [2.45, 2.75) is 65.5 Å². The van der Waals surface area contributed by atoms with Gasteiger partial charge in [0, 0.05) is 12.6 Å². The molecule has 1 fully saturated rings. The molecule has 94 valence electrons. The SMILES string of the molecule is CCC(CC)NC(=O)C(C)NCC1(C)CC1. The zero-order chi connectivity index (χ0) is 12.2. The van der Waals surface area contributed by atoms with E-state index in [0.717, 1.165) is 19.4 Å². The molecule has 0 spiro atoms. The first-order valence-corrected chi connectivity index (χ1v) is 6.54. The van der Waals surface area contributed by atoms with Crippen molar-refractivity contribution in [3.8, 4) is 0 Å². The quantitative estimate of drug-likeness (QED) is 0.698. The number of hydrogen-bond acceptors (Lipinski definition) is 2. The van der Waals surface area contributed by atoms with Crippen LogP contribution in [0.4, 0.5) is 0 Å². The van der Waals surface area contributed by atoms with Crippen LogP contribution in [0.25, 0.3) is 0 Å². The van der Waals surface area contributed by atoms with Gasteiger partial charge in [-0.3, -0.25) is 4.79 Å². The van der Waals surface area contributed by atoms with E-state index in [2.05, 4.69) is 31.4 Å². The van der Waals surface area contributed by atoms with E-state index < -0.39 is 0 Å². The zero-order valence-corrected chi connectivity index (χ0v) is 11.1. The Hall–Kier alpha value is -0.570. The van der Waals surface area contributed by atoms with Crippen LogP contribution in [0.3, 0.4) is 0 Å². The van der Waals surface area contributed by atoms with Gasteiger partial charge in [-0.25, -0.2) is 0 Å². The van der Waals surface area contributed by atoms with Gasteiger partial charge < -0.3 is 10.6 Å². The van der Waals surface area contributed by atoms with E-state index in [9.17, 15) is 4.79 Å². The largest absolute Gasteiger partial charge is 0.352 e. The second-order valence-corrected chi connectivity index (χ2v) is 5.44. The standard InChI is InChI=1S/C13H26N2O/c1-5-11(6-2)15-12(16)10(3)14-9-13(4)7-8-13/h10-11,14H,5-9H2,1-4H3,(H,15,16). The smallest absolute Gasteiger partial charge is 0.237 e. The Morgan fingerprint density at radius 3 is 2.31 bits per heavy atom. The highest BCUT2D eigenvalue weighted by Gasteiger charge is 2.37. The Labute approximate surface area is 99.4 Å². The molecule has 0 aliphatic heterocycles. The van der Waals surface area contributed by atoms with Crippen molar-refractivity contribution in [1.82, 2.24) is 10.6 Å². The van der Waals surface area contributed by atoms with Crippen molar-refractivity contribution in [1.29, 1.82) is 0 Å². The first-order valence-electron chi connectivity index (χ1n) is 6.54. The molecule has 1 aliphatic carbocycles. The minimum atomic E-state index is -0.0713. The lowest BCUT2D eigenvalue weighted by Gasteiger charge is -2.20. The van der Waals surface area contributed by atoms with Gasteiger partial charge in [0.1, 0.15) is 0 Å². The van der Waals surface area contributed by atoms with Gasteiger partial charge >= 0.3 is 0 Å². The summed E-state index contributed by atoms with van der Waals surface area (Å²) in [6.45, 7) is 9.40. The summed E-state index contributed by atoms with van der Waals surface area (Å²) >= 11 is 0. The number of rotatable bonds is 7. The molecule has 0 bridgehead atoms. The first-order chi connectivity index (χ1) is 7.50. The van der Waals surface area contributed by atoms with Crippen LogP contribution in [0.1, 0.15) is 53.4 Å². The molecule has 1 aliphatic rings. The fourth-order valence-electron chi connectivity index (χ4n) is 1.70. The number of carbonyl (C=O) groups excluding carboxylic acids is 1. The molecule has 2 N–H and O–H groups in total. The Balaban J connectivity index is 2.24. The van der Waals surface area contributed by atoms with Crippen LogP contribution in [-0.2, 0) is 4.79 Å². The highest BCUT2D eigenvalue weighted by atomic mass is 16.2. The minimum absolute atomic E-state index is 0.0713. The summed E-state index contributed by atoms with van der Waals surface area (Å²) in [5.74, 6) is 0.137. The van der Waals surface area contributed by atoms with Crippen molar-refractivity contribution >= 4 is 5.91 Å². The number of carbonyl (C=O) groups is 1. The molecule has 1 rings (SSSR count). The van der Waals surface area contributed by atoms with Crippen molar-refractivity contribution in [3.05, 3.63) is 0 Å². The first kappa shape index (κ1) is 13.5. The summed E-state index contributed by atoms with van der Waals surface area (Å²) < 4.78 is 0. The molecule has 0 radical (unpaired) electrons. The molecule has 3 heteroatoms.